The molecule has 1 amide bonds. The summed E-state index contributed by atoms with van der Waals surface area (Å²) < 4.78 is 26.9. The molecule has 1 aromatic heterocycles. The summed E-state index contributed by atoms with van der Waals surface area (Å²) in [7, 11) is -2.04. The number of sulfonamides is 1. The maximum Gasteiger partial charge on any atom is 0.243 e. The first-order valence-corrected chi connectivity index (χ1v) is 9.49. The number of anilines is 1. The van der Waals surface area contributed by atoms with Gasteiger partial charge < -0.3 is 5.32 Å². The second-order valence-corrected chi connectivity index (χ2v) is 9.20. The number of nitrogens with one attached hydrogen (secondary N) is 1. The van der Waals surface area contributed by atoms with Crippen LogP contribution in [0.1, 0.15) is 24.3 Å². The van der Waals surface area contributed by atoms with Gasteiger partial charge in [-0.05, 0) is 49.1 Å². The van der Waals surface area contributed by atoms with Gasteiger partial charge in [-0.2, -0.15) is 4.31 Å². The largest absolute Gasteiger partial charge is 0.325 e. The van der Waals surface area contributed by atoms with Crippen molar-refractivity contribution in [1.29, 1.82) is 0 Å². The minimum absolute atomic E-state index is 0.117. The first-order chi connectivity index (χ1) is 10.7. The van der Waals surface area contributed by atoms with E-state index in [0.717, 1.165) is 4.88 Å². The number of nitrogens with zero attached hydrogens (tertiary/aromatic N) is 1. The minimum Gasteiger partial charge on any atom is -0.325 e. The van der Waals surface area contributed by atoms with E-state index in [2.05, 4.69) is 5.32 Å². The Hall–Kier alpha value is -1.70. The zero-order chi connectivity index (χ0) is 16.8. The molecule has 2 heterocycles. The van der Waals surface area contributed by atoms with Gasteiger partial charge in [0.1, 0.15) is 0 Å². The van der Waals surface area contributed by atoms with Gasteiger partial charge in [-0.25, -0.2) is 8.42 Å². The monoisotopic (exact) mass is 350 g/mol. The lowest BCUT2D eigenvalue weighted by atomic mass is 9.86. The van der Waals surface area contributed by atoms with Crippen LogP contribution in [0.4, 0.5) is 5.69 Å². The van der Waals surface area contributed by atoms with Gasteiger partial charge in [0.05, 0.1) is 10.3 Å². The number of carbonyl (C=O) groups is 1. The number of carbonyl (C=O) groups excluding carboxylic acids is 1. The SMILES string of the molecule is CN(Cc1cccs1)S(=O)(=O)c1ccc2c(c1)C(C)(C)C(=O)N2. The molecule has 0 aliphatic carbocycles. The lowest BCUT2D eigenvalue weighted by molar-refractivity contribution is -0.119. The van der Waals surface area contributed by atoms with E-state index in [9.17, 15) is 13.2 Å². The maximum atomic E-state index is 12.8. The van der Waals surface area contributed by atoms with E-state index in [4.69, 9.17) is 0 Å². The quantitative estimate of drug-likeness (QED) is 0.922. The molecule has 0 atom stereocenters. The molecule has 5 nitrogen and oxygen atoms in total. The molecule has 23 heavy (non-hydrogen) atoms. The van der Waals surface area contributed by atoms with E-state index in [1.165, 1.54) is 15.6 Å². The summed E-state index contributed by atoms with van der Waals surface area (Å²) in [6.07, 6.45) is 0. The summed E-state index contributed by atoms with van der Waals surface area (Å²) in [4.78, 5) is 13.2. The molecule has 3 rings (SSSR count). The van der Waals surface area contributed by atoms with Crippen molar-refractivity contribution in [2.24, 2.45) is 0 Å². The maximum absolute atomic E-state index is 12.8. The zero-order valence-corrected chi connectivity index (χ0v) is 14.8. The van der Waals surface area contributed by atoms with Crippen LogP contribution in [0, 0.1) is 0 Å². The molecule has 1 aliphatic heterocycles. The Labute approximate surface area is 140 Å². The Morgan fingerprint density at radius 3 is 2.65 bits per heavy atom. The van der Waals surface area contributed by atoms with Crippen molar-refractivity contribution >= 4 is 33.0 Å². The van der Waals surface area contributed by atoms with Gasteiger partial charge in [-0.1, -0.05) is 6.07 Å². The Morgan fingerprint density at radius 1 is 1.26 bits per heavy atom. The smallest absolute Gasteiger partial charge is 0.243 e. The third-order valence-electron chi connectivity index (χ3n) is 4.15. The molecular weight excluding hydrogens is 332 g/mol. The molecule has 0 saturated heterocycles. The number of fused-ring (bicyclic) bond motifs is 1. The Balaban J connectivity index is 1.96. The summed E-state index contributed by atoms with van der Waals surface area (Å²) in [6.45, 7) is 3.91. The van der Waals surface area contributed by atoms with Crippen molar-refractivity contribution in [3.8, 4) is 0 Å². The Kier molecular flexibility index (Phi) is 3.82. The van der Waals surface area contributed by atoms with Gasteiger partial charge in [0.25, 0.3) is 0 Å². The molecule has 0 fully saturated rings. The highest BCUT2D eigenvalue weighted by molar-refractivity contribution is 7.89. The molecule has 0 radical (unpaired) electrons. The predicted octanol–water partition coefficient (Wildman–Crippen LogP) is 2.80. The number of hydrogen-bond acceptors (Lipinski definition) is 4. The van der Waals surface area contributed by atoms with Gasteiger partial charge in [0.2, 0.25) is 15.9 Å². The van der Waals surface area contributed by atoms with E-state index >= 15 is 0 Å². The summed E-state index contributed by atoms with van der Waals surface area (Å²) in [5.41, 5.74) is 0.667. The van der Waals surface area contributed by atoms with E-state index in [1.807, 2.05) is 17.5 Å². The van der Waals surface area contributed by atoms with Gasteiger partial charge in [-0.3, -0.25) is 4.79 Å². The van der Waals surface area contributed by atoms with Crippen LogP contribution in [0.2, 0.25) is 0 Å². The molecule has 1 aromatic carbocycles. The fraction of sp³-hybridized carbons (Fsp3) is 0.312. The second kappa shape index (κ2) is 5.43. The lowest BCUT2D eigenvalue weighted by Gasteiger charge is -2.19. The number of thiophene rings is 1. The van der Waals surface area contributed by atoms with Crippen molar-refractivity contribution in [2.75, 3.05) is 12.4 Å². The molecule has 7 heteroatoms. The third-order valence-corrected chi connectivity index (χ3v) is 6.81. The summed E-state index contributed by atoms with van der Waals surface area (Å²) in [5.74, 6) is -0.117. The predicted molar refractivity (Wildman–Crippen MR) is 91.1 cm³/mol. The summed E-state index contributed by atoms with van der Waals surface area (Å²) in [6, 6.07) is 8.61. The van der Waals surface area contributed by atoms with Crippen molar-refractivity contribution in [1.82, 2.24) is 4.31 Å². The van der Waals surface area contributed by atoms with Crippen LogP contribution >= 0.6 is 11.3 Å². The van der Waals surface area contributed by atoms with Crippen molar-refractivity contribution in [3.63, 3.8) is 0 Å². The molecule has 2 aromatic rings. The lowest BCUT2D eigenvalue weighted by Crippen LogP contribution is -2.28. The normalized spacial score (nSPS) is 16.4. The summed E-state index contributed by atoms with van der Waals surface area (Å²) >= 11 is 1.52. The molecule has 1 aliphatic rings. The Morgan fingerprint density at radius 2 is 2.00 bits per heavy atom. The van der Waals surface area contributed by atoms with Crippen LogP contribution in [-0.2, 0) is 26.8 Å². The average Bonchev–Trinajstić information content (AvgIpc) is 3.06. The standard InChI is InChI=1S/C16H18N2O3S2/c1-16(2)13-9-12(6-7-14(13)17-15(16)19)23(20,21)18(3)10-11-5-4-8-22-11/h4-9H,10H2,1-3H3,(H,17,19). The number of rotatable bonds is 4. The van der Waals surface area contributed by atoms with E-state index in [1.54, 1.807) is 39.1 Å². The molecule has 0 spiro atoms. The molecule has 122 valence electrons. The highest BCUT2D eigenvalue weighted by atomic mass is 32.2. The average molecular weight is 350 g/mol. The molecule has 0 unspecified atom stereocenters. The van der Waals surface area contributed by atoms with Crippen molar-refractivity contribution in [3.05, 3.63) is 46.2 Å². The number of hydrogen-bond donors (Lipinski definition) is 1. The summed E-state index contributed by atoms with van der Waals surface area (Å²) in [5, 5.41) is 4.71. The fourth-order valence-electron chi connectivity index (χ4n) is 2.60. The van der Waals surface area contributed by atoms with Crippen LogP contribution in [-0.4, -0.2) is 25.7 Å². The van der Waals surface area contributed by atoms with E-state index < -0.39 is 15.4 Å². The molecule has 0 saturated carbocycles. The molecule has 1 N–H and O–H groups in total. The van der Waals surface area contributed by atoms with Crippen LogP contribution in [0.5, 0.6) is 0 Å². The van der Waals surface area contributed by atoms with Crippen LogP contribution < -0.4 is 5.32 Å². The topological polar surface area (TPSA) is 66.5 Å². The molecule has 0 bridgehead atoms. The van der Waals surface area contributed by atoms with Crippen LogP contribution in [0.15, 0.2) is 40.6 Å². The number of amides is 1. The third kappa shape index (κ3) is 2.69. The highest BCUT2D eigenvalue weighted by Gasteiger charge is 2.39. The molecular formula is C16H18N2O3S2. The van der Waals surface area contributed by atoms with Gasteiger partial charge in [0, 0.05) is 24.2 Å². The highest BCUT2D eigenvalue weighted by Crippen LogP contribution is 2.38. The second-order valence-electron chi connectivity index (χ2n) is 6.13. The van der Waals surface area contributed by atoms with Crippen LogP contribution in [0.25, 0.3) is 0 Å². The first-order valence-electron chi connectivity index (χ1n) is 7.17. The van der Waals surface area contributed by atoms with Gasteiger partial charge >= 0.3 is 0 Å². The van der Waals surface area contributed by atoms with Crippen molar-refractivity contribution in [2.45, 2.75) is 30.7 Å². The van der Waals surface area contributed by atoms with E-state index in [-0.39, 0.29) is 10.8 Å². The van der Waals surface area contributed by atoms with Gasteiger partial charge in [-0.15, -0.1) is 11.3 Å². The first kappa shape index (κ1) is 16.2. The minimum atomic E-state index is -3.60. The van der Waals surface area contributed by atoms with E-state index in [0.29, 0.717) is 17.8 Å². The Bertz CT molecular complexity index is 855. The van der Waals surface area contributed by atoms with Gasteiger partial charge in [0.15, 0.2) is 0 Å². The van der Waals surface area contributed by atoms with Crippen molar-refractivity contribution < 1.29 is 13.2 Å². The number of benzene rings is 1. The fourth-order valence-corrected chi connectivity index (χ4v) is 4.61. The van der Waals surface area contributed by atoms with Crippen LogP contribution in [0.3, 0.4) is 0 Å². The zero-order valence-electron chi connectivity index (χ0n) is 13.2.